The topological polar surface area (TPSA) is 107 Å². The van der Waals surface area contributed by atoms with E-state index in [0.29, 0.717) is 23.8 Å². The number of anilines is 1. The molecule has 0 aliphatic heterocycles. The van der Waals surface area contributed by atoms with E-state index in [1.54, 1.807) is 59.8 Å². The molecule has 0 aliphatic rings. The number of carbonyl (C=O) groups is 1. The Morgan fingerprint density at radius 2 is 1.86 bits per heavy atom. The molecule has 0 radical (unpaired) electrons. The average Bonchev–Trinajstić information content (AvgIpc) is 3.29. The minimum atomic E-state index is -0.337. The Hall–Kier alpha value is -4.27. The lowest BCUT2D eigenvalue weighted by atomic mass is 10.2. The van der Waals surface area contributed by atoms with Crippen molar-refractivity contribution in [1.82, 2.24) is 30.0 Å². The van der Waals surface area contributed by atoms with Gasteiger partial charge < -0.3 is 15.4 Å². The van der Waals surface area contributed by atoms with Crippen molar-refractivity contribution in [3.63, 3.8) is 0 Å². The number of amides is 2. The molecule has 0 bridgehead atoms. The van der Waals surface area contributed by atoms with Crippen molar-refractivity contribution in [2.24, 2.45) is 0 Å². The highest BCUT2D eigenvalue weighted by molar-refractivity contribution is 5.89. The molecule has 0 spiro atoms. The highest BCUT2D eigenvalue weighted by atomic mass is 16.5. The highest BCUT2D eigenvalue weighted by Crippen LogP contribution is 2.21. The molecule has 0 saturated carbocycles. The van der Waals surface area contributed by atoms with E-state index in [1.165, 1.54) is 0 Å². The number of rotatable bonds is 6. The van der Waals surface area contributed by atoms with Crippen LogP contribution in [-0.4, -0.2) is 30.8 Å². The van der Waals surface area contributed by atoms with Gasteiger partial charge in [0.2, 0.25) is 0 Å². The van der Waals surface area contributed by atoms with E-state index in [0.717, 1.165) is 5.56 Å². The van der Waals surface area contributed by atoms with Crippen LogP contribution in [0, 0.1) is 0 Å². The number of aromatic nitrogens is 5. The van der Waals surface area contributed by atoms with Gasteiger partial charge in [0, 0.05) is 49.3 Å². The van der Waals surface area contributed by atoms with Crippen molar-refractivity contribution >= 4 is 11.7 Å². The molecule has 0 atom stereocenters. The normalized spacial score (nSPS) is 10.3. The molecule has 0 unspecified atom stereocenters. The van der Waals surface area contributed by atoms with Gasteiger partial charge in [0.25, 0.3) is 0 Å². The third kappa shape index (κ3) is 4.92. The predicted molar refractivity (Wildman–Crippen MR) is 106 cm³/mol. The summed E-state index contributed by atoms with van der Waals surface area (Å²) in [6.45, 7) is 0.344. The van der Waals surface area contributed by atoms with Crippen LogP contribution in [0.3, 0.4) is 0 Å². The lowest BCUT2D eigenvalue weighted by Crippen LogP contribution is -2.28. The van der Waals surface area contributed by atoms with Crippen LogP contribution in [0.4, 0.5) is 10.5 Å². The number of urea groups is 1. The molecule has 9 heteroatoms. The predicted octanol–water partition coefficient (Wildman–Crippen LogP) is 3.17. The summed E-state index contributed by atoms with van der Waals surface area (Å²) < 4.78 is 7.23. The first kappa shape index (κ1) is 18.1. The van der Waals surface area contributed by atoms with Crippen LogP contribution in [0.15, 0.2) is 79.5 Å². The van der Waals surface area contributed by atoms with Crippen molar-refractivity contribution in [1.29, 1.82) is 0 Å². The first-order valence-corrected chi connectivity index (χ1v) is 8.81. The second-order valence-electron chi connectivity index (χ2n) is 5.94. The van der Waals surface area contributed by atoms with Crippen molar-refractivity contribution in [2.45, 2.75) is 6.54 Å². The van der Waals surface area contributed by atoms with Gasteiger partial charge in [-0.15, -0.1) is 0 Å². The van der Waals surface area contributed by atoms with E-state index in [2.05, 4.69) is 30.7 Å². The molecular formula is C20H17N7O2. The standard InChI is InChI=1S/C20H17N7O2/c28-19(24-14-15-6-10-21-18(12-15)27-11-3-9-25-27)26-16-4-1-5-17(13-16)29-20-22-7-2-8-23-20/h1-13H,14H2,(H2,24,26,28). The Morgan fingerprint density at radius 1 is 0.966 bits per heavy atom. The Balaban J connectivity index is 1.34. The van der Waals surface area contributed by atoms with Crippen molar-refractivity contribution < 1.29 is 9.53 Å². The van der Waals surface area contributed by atoms with E-state index < -0.39 is 0 Å². The summed E-state index contributed by atoms with van der Waals surface area (Å²) in [6.07, 6.45) is 8.35. The monoisotopic (exact) mass is 387 g/mol. The highest BCUT2D eigenvalue weighted by Gasteiger charge is 2.06. The van der Waals surface area contributed by atoms with E-state index in [9.17, 15) is 4.79 Å². The minimum Gasteiger partial charge on any atom is -0.424 e. The van der Waals surface area contributed by atoms with Crippen LogP contribution >= 0.6 is 0 Å². The van der Waals surface area contributed by atoms with Crippen LogP contribution < -0.4 is 15.4 Å². The molecule has 0 fully saturated rings. The lowest BCUT2D eigenvalue weighted by molar-refractivity contribution is 0.251. The van der Waals surface area contributed by atoms with Gasteiger partial charge in [0.1, 0.15) is 5.75 Å². The van der Waals surface area contributed by atoms with Crippen LogP contribution in [0.5, 0.6) is 11.8 Å². The largest absolute Gasteiger partial charge is 0.424 e. The van der Waals surface area contributed by atoms with Gasteiger partial charge in [0.15, 0.2) is 5.82 Å². The van der Waals surface area contributed by atoms with Crippen molar-refractivity contribution in [3.05, 3.63) is 85.1 Å². The maximum absolute atomic E-state index is 12.2. The smallest absolute Gasteiger partial charge is 0.321 e. The van der Waals surface area contributed by atoms with Gasteiger partial charge in [-0.1, -0.05) is 6.07 Å². The van der Waals surface area contributed by atoms with Gasteiger partial charge in [-0.05, 0) is 42.0 Å². The van der Waals surface area contributed by atoms with Crippen molar-refractivity contribution in [2.75, 3.05) is 5.32 Å². The number of carbonyl (C=O) groups excluding carboxylic acids is 1. The van der Waals surface area contributed by atoms with E-state index in [4.69, 9.17) is 4.74 Å². The third-order valence-electron chi connectivity index (χ3n) is 3.85. The van der Waals surface area contributed by atoms with E-state index in [1.807, 2.05) is 24.4 Å². The second-order valence-corrected chi connectivity index (χ2v) is 5.94. The summed E-state index contributed by atoms with van der Waals surface area (Å²) in [6, 6.07) is 14.1. The SMILES string of the molecule is O=C(NCc1ccnc(-n2cccn2)c1)Nc1cccc(Oc2ncccn2)c1. The van der Waals surface area contributed by atoms with Gasteiger partial charge >= 0.3 is 12.0 Å². The first-order chi connectivity index (χ1) is 14.3. The molecule has 2 amide bonds. The summed E-state index contributed by atoms with van der Waals surface area (Å²) in [5.74, 6) is 1.20. The molecule has 2 N–H and O–H groups in total. The first-order valence-electron chi connectivity index (χ1n) is 8.81. The maximum Gasteiger partial charge on any atom is 0.321 e. The van der Waals surface area contributed by atoms with Crippen molar-refractivity contribution in [3.8, 4) is 17.6 Å². The molecule has 1 aromatic carbocycles. The number of nitrogens with zero attached hydrogens (tertiary/aromatic N) is 5. The Labute approximate surface area is 166 Å². The molecule has 4 rings (SSSR count). The van der Waals surface area contributed by atoms with Crippen LogP contribution in [0.25, 0.3) is 5.82 Å². The fourth-order valence-electron chi connectivity index (χ4n) is 2.54. The Morgan fingerprint density at radius 3 is 2.69 bits per heavy atom. The van der Waals surface area contributed by atoms with Gasteiger partial charge in [-0.25, -0.2) is 24.4 Å². The summed E-state index contributed by atoms with van der Waals surface area (Å²) in [5.41, 5.74) is 1.49. The van der Waals surface area contributed by atoms with Gasteiger partial charge in [0.05, 0.1) is 0 Å². The van der Waals surface area contributed by atoms with Crippen LogP contribution in [-0.2, 0) is 6.54 Å². The van der Waals surface area contributed by atoms with Crippen LogP contribution in [0.2, 0.25) is 0 Å². The molecular weight excluding hydrogens is 370 g/mol. The number of benzene rings is 1. The molecule has 29 heavy (non-hydrogen) atoms. The van der Waals surface area contributed by atoms with E-state index >= 15 is 0 Å². The number of pyridine rings is 1. The second kappa shape index (κ2) is 8.61. The summed E-state index contributed by atoms with van der Waals surface area (Å²) >= 11 is 0. The molecule has 3 heterocycles. The Bertz CT molecular complexity index is 1080. The number of hydrogen-bond acceptors (Lipinski definition) is 6. The summed E-state index contributed by atoms with van der Waals surface area (Å²) in [4.78, 5) is 24.5. The fraction of sp³-hybridized carbons (Fsp3) is 0.0500. The van der Waals surface area contributed by atoms with Crippen LogP contribution in [0.1, 0.15) is 5.56 Å². The lowest BCUT2D eigenvalue weighted by Gasteiger charge is -2.10. The zero-order valence-electron chi connectivity index (χ0n) is 15.3. The van der Waals surface area contributed by atoms with Gasteiger partial charge in [-0.2, -0.15) is 5.10 Å². The number of hydrogen-bond donors (Lipinski definition) is 2. The molecule has 0 aliphatic carbocycles. The molecule has 3 aromatic heterocycles. The molecule has 0 saturated heterocycles. The maximum atomic E-state index is 12.2. The molecule has 144 valence electrons. The zero-order valence-corrected chi connectivity index (χ0v) is 15.3. The van der Waals surface area contributed by atoms with E-state index in [-0.39, 0.29) is 12.0 Å². The molecule has 4 aromatic rings. The number of ether oxygens (including phenoxy) is 1. The molecule has 9 nitrogen and oxygen atoms in total. The zero-order chi connectivity index (χ0) is 19.9. The Kier molecular flexibility index (Phi) is 5.38. The quantitative estimate of drug-likeness (QED) is 0.526. The average molecular weight is 387 g/mol. The summed E-state index contributed by atoms with van der Waals surface area (Å²) in [5, 5.41) is 9.74. The minimum absolute atomic E-state index is 0.236. The summed E-state index contributed by atoms with van der Waals surface area (Å²) in [7, 11) is 0. The van der Waals surface area contributed by atoms with Gasteiger partial charge in [-0.3, -0.25) is 0 Å². The fourth-order valence-corrected chi connectivity index (χ4v) is 2.54. The number of nitrogens with one attached hydrogen (secondary N) is 2. The third-order valence-corrected chi connectivity index (χ3v) is 3.85.